The number of guanidine groups is 1. The van der Waals surface area contributed by atoms with Gasteiger partial charge < -0.3 is 24.4 Å². The number of halogens is 3. The van der Waals surface area contributed by atoms with Crippen LogP contribution in [-0.2, 0) is 0 Å². The van der Waals surface area contributed by atoms with Crippen LogP contribution in [0, 0.1) is 11.6 Å². The summed E-state index contributed by atoms with van der Waals surface area (Å²) >= 11 is 0. The van der Waals surface area contributed by atoms with Gasteiger partial charge in [-0.05, 0) is 38.4 Å². The van der Waals surface area contributed by atoms with E-state index in [2.05, 4.69) is 10.3 Å². The van der Waals surface area contributed by atoms with Crippen molar-refractivity contribution in [3.05, 3.63) is 59.6 Å². The van der Waals surface area contributed by atoms with Gasteiger partial charge in [0.05, 0.1) is 12.3 Å². The van der Waals surface area contributed by atoms with Crippen molar-refractivity contribution < 1.29 is 18.0 Å². The molecular weight excluding hydrogens is 519 g/mol. The van der Waals surface area contributed by atoms with Gasteiger partial charge in [0, 0.05) is 45.3 Å². The maximum Gasteiger partial charge on any atom is 0.289 e. The number of rotatable bonds is 5. The van der Waals surface area contributed by atoms with E-state index in [-0.39, 0.29) is 42.0 Å². The van der Waals surface area contributed by atoms with Crippen molar-refractivity contribution in [1.82, 2.24) is 20.0 Å². The van der Waals surface area contributed by atoms with E-state index >= 15 is 0 Å². The number of aliphatic imine (C=N–C) groups is 1. The fourth-order valence-electron chi connectivity index (χ4n) is 3.57. The quantitative estimate of drug-likeness (QED) is 0.355. The monoisotopic (exact) mass is 547 g/mol. The first-order chi connectivity index (χ1) is 14.4. The Morgan fingerprint density at radius 2 is 1.74 bits per heavy atom. The molecule has 1 fully saturated rings. The SMILES string of the molecule is CN=C(NCC(c1c(F)cccc1F)N(C)C)N1CCN(C(=O)c2ccco2)CC1.I. The van der Waals surface area contributed by atoms with Crippen molar-refractivity contribution in [3.8, 4) is 0 Å². The zero-order chi connectivity index (χ0) is 21.7. The largest absolute Gasteiger partial charge is 0.459 e. The molecule has 0 saturated carbocycles. The molecule has 1 aliphatic heterocycles. The van der Waals surface area contributed by atoms with Crippen LogP contribution in [0.1, 0.15) is 22.2 Å². The van der Waals surface area contributed by atoms with Crippen LogP contribution < -0.4 is 5.32 Å². The fraction of sp³-hybridized carbons (Fsp3) is 0.429. The normalized spacial score (nSPS) is 15.6. The van der Waals surface area contributed by atoms with Crippen molar-refractivity contribution in [1.29, 1.82) is 0 Å². The van der Waals surface area contributed by atoms with Crippen molar-refractivity contribution >= 4 is 35.8 Å². The first kappa shape index (κ1) is 25.1. The second-order valence-electron chi connectivity index (χ2n) is 7.30. The van der Waals surface area contributed by atoms with Crippen LogP contribution in [-0.4, -0.2) is 80.4 Å². The van der Waals surface area contributed by atoms with Crippen LogP contribution in [0.15, 0.2) is 46.0 Å². The molecule has 3 rings (SSSR count). The maximum absolute atomic E-state index is 14.3. The van der Waals surface area contributed by atoms with E-state index in [1.807, 2.05) is 4.90 Å². The van der Waals surface area contributed by atoms with Gasteiger partial charge in [0.2, 0.25) is 0 Å². The van der Waals surface area contributed by atoms with Gasteiger partial charge in [0.15, 0.2) is 11.7 Å². The van der Waals surface area contributed by atoms with Crippen LogP contribution in [0.2, 0.25) is 0 Å². The second-order valence-corrected chi connectivity index (χ2v) is 7.30. The predicted molar refractivity (Wildman–Crippen MR) is 126 cm³/mol. The lowest BCUT2D eigenvalue weighted by Gasteiger charge is -2.37. The van der Waals surface area contributed by atoms with Gasteiger partial charge in [0.25, 0.3) is 5.91 Å². The molecule has 170 valence electrons. The van der Waals surface area contributed by atoms with Gasteiger partial charge in [-0.15, -0.1) is 24.0 Å². The smallest absolute Gasteiger partial charge is 0.289 e. The molecular formula is C21H28F2IN5O2. The minimum absolute atomic E-state index is 0. The molecule has 2 heterocycles. The zero-order valence-electron chi connectivity index (χ0n) is 17.8. The Labute approximate surface area is 198 Å². The van der Waals surface area contributed by atoms with E-state index in [0.29, 0.717) is 37.9 Å². The van der Waals surface area contributed by atoms with Crippen LogP contribution in [0.25, 0.3) is 0 Å². The summed E-state index contributed by atoms with van der Waals surface area (Å²) in [5.74, 6) is -0.327. The first-order valence-corrected chi connectivity index (χ1v) is 9.81. The van der Waals surface area contributed by atoms with E-state index in [4.69, 9.17) is 4.42 Å². The average molecular weight is 547 g/mol. The Balaban J connectivity index is 0.00000341. The van der Waals surface area contributed by atoms with Crippen LogP contribution in [0.4, 0.5) is 8.78 Å². The van der Waals surface area contributed by atoms with Gasteiger partial charge in [-0.2, -0.15) is 0 Å². The van der Waals surface area contributed by atoms with Gasteiger partial charge in [0.1, 0.15) is 11.6 Å². The highest BCUT2D eigenvalue weighted by atomic mass is 127. The van der Waals surface area contributed by atoms with Crippen molar-refractivity contribution in [2.24, 2.45) is 4.99 Å². The molecule has 2 aromatic rings. The summed E-state index contributed by atoms with van der Waals surface area (Å²) in [6.07, 6.45) is 1.48. The number of nitrogens with one attached hydrogen (secondary N) is 1. The van der Waals surface area contributed by atoms with Crippen LogP contribution in [0.3, 0.4) is 0 Å². The number of hydrogen-bond acceptors (Lipinski definition) is 4. The van der Waals surface area contributed by atoms with Gasteiger partial charge in [-0.1, -0.05) is 6.07 Å². The lowest BCUT2D eigenvalue weighted by atomic mass is 10.0. The maximum atomic E-state index is 14.3. The molecule has 1 aliphatic rings. The third-order valence-electron chi connectivity index (χ3n) is 5.22. The molecule has 1 aromatic carbocycles. The summed E-state index contributed by atoms with van der Waals surface area (Å²) < 4.78 is 33.7. The summed E-state index contributed by atoms with van der Waals surface area (Å²) in [6, 6.07) is 6.71. The Morgan fingerprint density at radius 1 is 1.13 bits per heavy atom. The number of hydrogen-bond donors (Lipinski definition) is 1. The van der Waals surface area contributed by atoms with E-state index in [1.54, 1.807) is 43.1 Å². The molecule has 1 atom stereocenters. The summed E-state index contributed by atoms with van der Waals surface area (Å²) in [7, 11) is 5.22. The highest BCUT2D eigenvalue weighted by molar-refractivity contribution is 14.0. The summed E-state index contributed by atoms with van der Waals surface area (Å²) in [4.78, 5) is 22.2. The molecule has 0 aliphatic carbocycles. The highest BCUT2D eigenvalue weighted by Gasteiger charge is 2.27. The van der Waals surface area contributed by atoms with E-state index in [0.717, 1.165) is 0 Å². The average Bonchev–Trinajstić information content (AvgIpc) is 3.27. The summed E-state index contributed by atoms with van der Waals surface area (Å²) in [5, 5.41) is 3.22. The van der Waals surface area contributed by atoms with Gasteiger partial charge >= 0.3 is 0 Å². The predicted octanol–water partition coefficient (Wildman–Crippen LogP) is 2.81. The number of carbonyl (C=O) groups is 1. The first-order valence-electron chi connectivity index (χ1n) is 9.81. The Kier molecular flexibility index (Phi) is 9.23. The van der Waals surface area contributed by atoms with Gasteiger partial charge in [-0.3, -0.25) is 9.79 Å². The second kappa shape index (κ2) is 11.4. The van der Waals surface area contributed by atoms with Crippen molar-refractivity contribution in [3.63, 3.8) is 0 Å². The van der Waals surface area contributed by atoms with Crippen LogP contribution in [0.5, 0.6) is 0 Å². The number of likely N-dealkylation sites (N-methyl/N-ethyl adjacent to an activating group) is 1. The van der Waals surface area contributed by atoms with Gasteiger partial charge in [-0.25, -0.2) is 8.78 Å². The third kappa shape index (κ3) is 5.94. The molecule has 10 heteroatoms. The van der Waals surface area contributed by atoms with Crippen molar-refractivity contribution in [2.45, 2.75) is 6.04 Å². The standard InChI is InChI=1S/C21H27F2N5O2.HI/c1-24-21(25-14-17(26(2)3)19-15(22)6-4-7-16(19)23)28-11-9-27(10-12-28)20(29)18-8-5-13-30-18;/h4-8,13,17H,9-12,14H2,1-3H3,(H,24,25);1H. The number of nitrogens with zero attached hydrogens (tertiary/aromatic N) is 4. The molecule has 1 N–H and O–H groups in total. The summed E-state index contributed by atoms with van der Waals surface area (Å²) in [5.41, 5.74) is 0.0271. The minimum Gasteiger partial charge on any atom is -0.459 e. The molecule has 1 aromatic heterocycles. The molecule has 0 spiro atoms. The number of amides is 1. The number of piperazine rings is 1. The van der Waals surface area contributed by atoms with E-state index < -0.39 is 17.7 Å². The number of benzene rings is 1. The lowest BCUT2D eigenvalue weighted by molar-refractivity contribution is 0.0657. The zero-order valence-corrected chi connectivity index (χ0v) is 20.2. The number of carbonyl (C=O) groups excluding carboxylic acids is 1. The minimum atomic E-state index is -0.574. The molecule has 1 saturated heterocycles. The molecule has 1 unspecified atom stereocenters. The fourth-order valence-corrected chi connectivity index (χ4v) is 3.57. The van der Waals surface area contributed by atoms with E-state index in [9.17, 15) is 13.6 Å². The van der Waals surface area contributed by atoms with Crippen molar-refractivity contribution in [2.75, 3.05) is 53.9 Å². The highest BCUT2D eigenvalue weighted by Crippen LogP contribution is 2.24. The molecule has 7 nitrogen and oxygen atoms in total. The molecule has 31 heavy (non-hydrogen) atoms. The van der Waals surface area contributed by atoms with E-state index in [1.165, 1.54) is 24.5 Å². The topological polar surface area (TPSA) is 64.3 Å². The summed E-state index contributed by atoms with van der Waals surface area (Å²) in [6.45, 7) is 2.52. The third-order valence-corrected chi connectivity index (χ3v) is 5.22. The Bertz CT molecular complexity index is 864. The number of furan rings is 1. The molecule has 0 radical (unpaired) electrons. The Morgan fingerprint density at radius 3 is 2.26 bits per heavy atom. The van der Waals surface area contributed by atoms with Crippen LogP contribution >= 0.6 is 24.0 Å². The molecule has 1 amide bonds. The Hall–Kier alpha value is -2.21. The molecule has 0 bridgehead atoms. The lowest BCUT2D eigenvalue weighted by Crippen LogP contribution is -2.54.